The van der Waals surface area contributed by atoms with Gasteiger partial charge < -0.3 is 9.85 Å². The van der Waals surface area contributed by atoms with Gasteiger partial charge in [-0.05, 0) is 30.6 Å². The van der Waals surface area contributed by atoms with Crippen molar-refractivity contribution in [1.82, 2.24) is 15.6 Å². The van der Waals surface area contributed by atoms with Gasteiger partial charge in [0.05, 0.1) is 24.5 Å². The average molecular weight is 334 g/mol. The number of allylic oxidation sites excluding steroid dienone is 1. The lowest BCUT2D eigenvalue weighted by atomic mass is 10.2. The molecule has 23 heavy (non-hydrogen) atoms. The maximum atomic E-state index is 6.36. The molecule has 0 aliphatic carbocycles. The predicted octanol–water partition coefficient (Wildman–Crippen LogP) is 4.11. The summed E-state index contributed by atoms with van der Waals surface area (Å²) in [7, 11) is 0.316. The van der Waals surface area contributed by atoms with Gasteiger partial charge >= 0.3 is 0 Å². The Morgan fingerprint density at radius 1 is 1.13 bits per heavy atom. The zero-order valence-electron chi connectivity index (χ0n) is 15.6. The second-order valence-electron chi connectivity index (χ2n) is 7.79. The molecule has 1 N–H and O–H groups in total. The van der Waals surface area contributed by atoms with Crippen LogP contribution in [-0.4, -0.2) is 32.1 Å². The van der Waals surface area contributed by atoms with Crippen LogP contribution in [0.5, 0.6) is 0 Å². The summed E-state index contributed by atoms with van der Waals surface area (Å²) in [5.74, 6) is 0. The molecule has 1 heterocycles. The zero-order chi connectivity index (χ0) is 17.3. The molecule has 0 amide bonds. The quantitative estimate of drug-likeness (QED) is 0.821. The van der Waals surface area contributed by atoms with Crippen LogP contribution in [0.1, 0.15) is 33.3 Å². The minimum Gasteiger partial charge on any atom is -0.411 e. The molecule has 1 aromatic carbocycles. The van der Waals surface area contributed by atoms with E-state index in [-0.39, 0.29) is 5.04 Å². The van der Waals surface area contributed by atoms with Crippen LogP contribution < -0.4 is 5.43 Å². The number of nitrogens with one attached hydrogen (secondary N) is 1. The van der Waals surface area contributed by atoms with E-state index in [1.807, 2.05) is 12.2 Å². The van der Waals surface area contributed by atoms with Gasteiger partial charge in [-0.3, -0.25) is 5.01 Å². The fourth-order valence-corrected chi connectivity index (χ4v) is 3.24. The van der Waals surface area contributed by atoms with Gasteiger partial charge in [-0.25, -0.2) is 0 Å². The van der Waals surface area contributed by atoms with Crippen LogP contribution >= 0.6 is 0 Å². The average Bonchev–Trinajstić information content (AvgIpc) is 2.73. The minimum absolute atomic E-state index is 0.232. The van der Waals surface area contributed by atoms with Crippen LogP contribution in [0.25, 0.3) is 0 Å². The summed E-state index contributed by atoms with van der Waals surface area (Å²) < 4.78 is 6.36. The maximum absolute atomic E-state index is 6.36. The van der Waals surface area contributed by atoms with Gasteiger partial charge in [0, 0.05) is 7.05 Å². The van der Waals surface area contributed by atoms with Crippen LogP contribution in [0.15, 0.2) is 41.7 Å². The van der Waals surface area contributed by atoms with Crippen molar-refractivity contribution < 1.29 is 4.43 Å². The van der Waals surface area contributed by atoms with Crippen molar-refractivity contribution in [3.8, 4) is 0 Å². The van der Waals surface area contributed by atoms with E-state index in [2.05, 4.69) is 81.6 Å². The number of benzene rings is 1. The molecule has 0 saturated carbocycles. The van der Waals surface area contributed by atoms with Gasteiger partial charge in [0.15, 0.2) is 8.32 Å². The van der Waals surface area contributed by atoms with Crippen LogP contribution in [0.2, 0.25) is 18.1 Å². The highest BCUT2D eigenvalue weighted by atomic mass is 28.4. The Bertz CT molecular complexity index is 563. The molecule has 0 atom stereocenters. The van der Waals surface area contributed by atoms with Gasteiger partial charge in [0.1, 0.15) is 0 Å². The summed E-state index contributed by atoms with van der Waals surface area (Å²) in [4.78, 5) is 0. The Morgan fingerprint density at radius 3 is 2.30 bits per heavy atom. The third-order valence-corrected chi connectivity index (χ3v) is 9.52. The van der Waals surface area contributed by atoms with Crippen molar-refractivity contribution >= 4 is 8.32 Å². The van der Waals surface area contributed by atoms with Gasteiger partial charge in [-0.2, -0.15) is 0 Å². The number of hydrogen-bond donors (Lipinski definition) is 1. The monoisotopic (exact) mass is 333 g/mol. The molecular formula is C18H31N3OSi. The van der Waals surface area contributed by atoms with Crippen LogP contribution in [0.4, 0.5) is 0 Å². The third kappa shape index (κ3) is 4.16. The molecule has 2 rings (SSSR count). The Kier molecular flexibility index (Phi) is 5.23. The highest BCUT2D eigenvalue weighted by Crippen LogP contribution is 2.37. The van der Waals surface area contributed by atoms with E-state index in [1.165, 1.54) is 11.3 Å². The standard InChI is InChI=1S/C18H31N3OSi/c1-15-17(14-22-23(6,7)18(2,3)4)19-20(5)21(15)13-16-11-9-8-10-12-16/h8-12,19H,13-14H2,1-7H3. The highest BCUT2D eigenvalue weighted by molar-refractivity contribution is 6.74. The summed E-state index contributed by atoms with van der Waals surface area (Å²) in [6.07, 6.45) is 0. The molecule has 0 spiro atoms. The van der Waals surface area contributed by atoms with E-state index in [0.717, 1.165) is 12.2 Å². The fraction of sp³-hybridized carbons (Fsp3) is 0.556. The molecule has 0 aromatic heterocycles. The fourth-order valence-electron chi connectivity index (χ4n) is 2.30. The normalized spacial score (nSPS) is 16.9. The van der Waals surface area contributed by atoms with Gasteiger partial charge in [0.25, 0.3) is 0 Å². The summed E-state index contributed by atoms with van der Waals surface area (Å²) in [6, 6.07) is 10.5. The van der Waals surface area contributed by atoms with Gasteiger partial charge in [-0.1, -0.05) is 51.1 Å². The van der Waals surface area contributed by atoms with Gasteiger partial charge in [0.2, 0.25) is 0 Å². The lowest BCUT2D eigenvalue weighted by Gasteiger charge is -2.36. The molecule has 5 heteroatoms. The number of hydrazine groups is 2. The molecule has 4 nitrogen and oxygen atoms in total. The van der Waals surface area contributed by atoms with E-state index in [9.17, 15) is 0 Å². The van der Waals surface area contributed by atoms with Crippen LogP contribution in [-0.2, 0) is 11.0 Å². The molecule has 1 aliphatic heterocycles. The molecule has 0 bridgehead atoms. The van der Waals surface area contributed by atoms with Crippen molar-refractivity contribution in [3.05, 3.63) is 47.3 Å². The third-order valence-electron chi connectivity index (χ3n) is 5.04. The SMILES string of the molecule is CC1=C(CO[Si](C)(C)C(C)(C)C)NN(C)N1Cc1ccccc1. The molecule has 0 unspecified atom stereocenters. The van der Waals surface area contributed by atoms with E-state index in [1.54, 1.807) is 0 Å². The second kappa shape index (κ2) is 6.67. The molecule has 1 aromatic rings. The number of rotatable bonds is 5. The molecule has 0 saturated heterocycles. The molecular weight excluding hydrogens is 302 g/mol. The Hall–Kier alpha value is -1.30. The summed E-state index contributed by atoms with van der Waals surface area (Å²) in [6.45, 7) is 15.1. The molecule has 1 aliphatic rings. The Labute approximate surface area is 142 Å². The lowest BCUT2D eigenvalue weighted by Crippen LogP contribution is -2.43. The maximum Gasteiger partial charge on any atom is 0.192 e. The Balaban J connectivity index is 2.05. The summed E-state index contributed by atoms with van der Waals surface area (Å²) >= 11 is 0. The van der Waals surface area contributed by atoms with E-state index in [0.29, 0.717) is 6.61 Å². The minimum atomic E-state index is -1.73. The smallest absolute Gasteiger partial charge is 0.192 e. The molecule has 0 fully saturated rings. The van der Waals surface area contributed by atoms with Gasteiger partial charge in [-0.15, -0.1) is 5.12 Å². The lowest BCUT2D eigenvalue weighted by molar-refractivity contribution is 0.0169. The second-order valence-corrected chi connectivity index (χ2v) is 12.6. The van der Waals surface area contributed by atoms with Crippen LogP contribution in [0, 0.1) is 0 Å². The number of nitrogens with zero attached hydrogens (tertiary/aromatic N) is 2. The van der Waals surface area contributed by atoms with Crippen LogP contribution in [0.3, 0.4) is 0 Å². The predicted molar refractivity (Wildman–Crippen MR) is 98.7 cm³/mol. The first-order valence-corrected chi connectivity index (χ1v) is 11.2. The summed E-state index contributed by atoms with van der Waals surface area (Å²) in [5, 5.41) is 4.53. The molecule has 0 radical (unpaired) electrons. The van der Waals surface area contributed by atoms with Crippen molar-refractivity contribution in [2.45, 2.75) is 52.4 Å². The van der Waals surface area contributed by atoms with Crippen molar-refractivity contribution in [3.63, 3.8) is 0 Å². The summed E-state index contributed by atoms with van der Waals surface area (Å²) in [5.41, 5.74) is 7.12. The van der Waals surface area contributed by atoms with Crippen molar-refractivity contribution in [2.24, 2.45) is 0 Å². The van der Waals surface area contributed by atoms with Crippen molar-refractivity contribution in [2.75, 3.05) is 13.7 Å². The highest BCUT2D eigenvalue weighted by Gasteiger charge is 2.38. The largest absolute Gasteiger partial charge is 0.411 e. The van der Waals surface area contributed by atoms with Crippen molar-refractivity contribution in [1.29, 1.82) is 0 Å². The topological polar surface area (TPSA) is 27.7 Å². The first-order valence-electron chi connectivity index (χ1n) is 8.27. The number of hydrogen-bond acceptors (Lipinski definition) is 4. The zero-order valence-corrected chi connectivity index (χ0v) is 16.6. The van der Waals surface area contributed by atoms with E-state index >= 15 is 0 Å². The Morgan fingerprint density at radius 2 is 1.74 bits per heavy atom. The van der Waals surface area contributed by atoms with E-state index in [4.69, 9.17) is 4.43 Å². The first-order chi connectivity index (χ1) is 10.6. The van der Waals surface area contributed by atoms with E-state index < -0.39 is 8.32 Å². The molecule has 128 valence electrons. The first kappa shape index (κ1) is 18.0.